The molecule has 0 fully saturated rings. The van der Waals surface area contributed by atoms with Crippen molar-refractivity contribution in [1.29, 1.82) is 0 Å². The summed E-state index contributed by atoms with van der Waals surface area (Å²) in [4.78, 5) is 2.34. The van der Waals surface area contributed by atoms with Crippen LogP contribution >= 0.6 is 0 Å². The maximum Gasteiger partial charge on any atom is 0.123 e. The molecule has 0 N–H and O–H groups in total. The molecule has 2 nitrogen and oxygen atoms in total. The van der Waals surface area contributed by atoms with Gasteiger partial charge in [-0.3, -0.25) is 0 Å². The molecule has 0 aliphatic carbocycles. The van der Waals surface area contributed by atoms with Gasteiger partial charge in [-0.15, -0.1) is 0 Å². The van der Waals surface area contributed by atoms with Gasteiger partial charge in [0.15, 0.2) is 0 Å². The molecule has 0 unspecified atom stereocenters. The monoisotopic (exact) mass is 389 g/mol. The minimum atomic E-state index is -0.232. The summed E-state index contributed by atoms with van der Waals surface area (Å²) < 4.78 is 19.3. The predicted octanol–water partition coefficient (Wildman–Crippen LogP) is 6.14. The highest BCUT2D eigenvalue weighted by atomic mass is 19.1. The molecule has 0 atom stereocenters. The molecule has 0 saturated carbocycles. The number of hydrogen-bond donors (Lipinski definition) is 0. The number of rotatable bonds is 9. The van der Waals surface area contributed by atoms with Crippen LogP contribution in [0.4, 0.5) is 4.39 Å². The van der Waals surface area contributed by atoms with Gasteiger partial charge < -0.3 is 9.64 Å². The van der Waals surface area contributed by atoms with Crippen LogP contribution < -0.4 is 4.74 Å². The van der Waals surface area contributed by atoms with E-state index >= 15 is 0 Å². The topological polar surface area (TPSA) is 12.5 Å². The third-order valence-electron chi connectivity index (χ3n) is 5.00. The average Bonchev–Trinajstić information content (AvgIpc) is 2.77. The van der Waals surface area contributed by atoms with Gasteiger partial charge in [-0.2, -0.15) is 0 Å². The molecule has 0 radical (unpaired) electrons. The van der Waals surface area contributed by atoms with Crippen molar-refractivity contribution in [2.75, 3.05) is 26.2 Å². The second-order valence-corrected chi connectivity index (χ2v) is 6.88. The van der Waals surface area contributed by atoms with Gasteiger partial charge in [-0.25, -0.2) is 4.39 Å². The highest BCUT2D eigenvalue weighted by Gasteiger charge is 2.07. The Kier molecular flexibility index (Phi) is 7.60. The smallest absolute Gasteiger partial charge is 0.123 e. The fraction of sp³-hybridized carbons (Fsp3) is 0.231. The molecular formula is C26H28FNO. The van der Waals surface area contributed by atoms with Crippen LogP contribution in [0, 0.1) is 5.82 Å². The molecule has 0 heterocycles. The van der Waals surface area contributed by atoms with Crippen LogP contribution in [0.5, 0.6) is 5.75 Å². The van der Waals surface area contributed by atoms with Gasteiger partial charge in [0.2, 0.25) is 0 Å². The van der Waals surface area contributed by atoms with E-state index in [1.807, 2.05) is 42.5 Å². The van der Waals surface area contributed by atoms with Crippen LogP contribution in [-0.2, 0) is 0 Å². The molecule has 3 heteroatoms. The lowest BCUT2D eigenvalue weighted by Gasteiger charge is -2.18. The first-order chi connectivity index (χ1) is 14.2. The Morgan fingerprint density at radius 3 is 2.00 bits per heavy atom. The summed E-state index contributed by atoms with van der Waals surface area (Å²) in [6, 6.07) is 24.9. The summed E-state index contributed by atoms with van der Waals surface area (Å²) in [5, 5.41) is 0. The van der Waals surface area contributed by atoms with Crippen molar-refractivity contribution >= 4 is 11.6 Å². The van der Waals surface area contributed by atoms with E-state index in [2.05, 4.69) is 49.1 Å². The first kappa shape index (κ1) is 20.8. The Labute approximate surface area is 173 Å². The molecule has 29 heavy (non-hydrogen) atoms. The molecule has 0 saturated heterocycles. The highest BCUT2D eigenvalue weighted by molar-refractivity contribution is 5.91. The molecule has 3 rings (SSSR count). The van der Waals surface area contributed by atoms with E-state index in [0.717, 1.165) is 47.6 Å². The Balaban J connectivity index is 1.81. The summed E-state index contributed by atoms with van der Waals surface area (Å²) >= 11 is 0. The van der Waals surface area contributed by atoms with E-state index in [9.17, 15) is 4.39 Å². The molecule has 0 spiro atoms. The van der Waals surface area contributed by atoms with Crippen molar-refractivity contribution < 1.29 is 9.13 Å². The molecule has 0 aliphatic heterocycles. The van der Waals surface area contributed by atoms with Crippen LogP contribution in [0.25, 0.3) is 11.6 Å². The van der Waals surface area contributed by atoms with Gasteiger partial charge in [-0.05, 0) is 65.7 Å². The van der Waals surface area contributed by atoms with E-state index in [4.69, 9.17) is 4.74 Å². The quantitative estimate of drug-likeness (QED) is 0.408. The Morgan fingerprint density at radius 1 is 0.828 bits per heavy atom. The van der Waals surface area contributed by atoms with Gasteiger partial charge >= 0.3 is 0 Å². The molecule has 0 aliphatic rings. The zero-order valence-electron chi connectivity index (χ0n) is 17.1. The molecule has 0 aromatic heterocycles. The van der Waals surface area contributed by atoms with Gasteiger partial charge in [0.1, 0.15) is 18.2 Å². The third kappa shape index (κ3) is 6.03. The summed E-state index contributed by atoms with van der Waals surface area (Å²) in [7, 11) is 0. The Morgan fingerprint density at radius 2 is 1.41 bits per heavy atom. The molecule has 0 amide bonds. The summed E-state index contributed by atoms with van der Waals surface area (Å²) in [5.74, 6) is 0.629. The van der Waals surface area contributed by atoms with Crippen molar-refractivity contribution in [2.45, 2.75) is 13.8 Å². The first-order valence-electron chi connectivity index (χ1n) is 10.2. The Hall–Kier alpha value is -2.91. The van der Waals surface area contributed by atoms with Crippen molar-refractivity contribution in [3.8, 4) is 5.75 Å². The standard InChI is InChI=1S/C26H28FNO/c1-3-28(4-2)18-19-29-25-16-12-23(13-17-25)26(20-21-8-6-5-7-9-21)22-10-14-24(27)15-11-22/h5-17,20H,3-4,18-19H2,1-2H3. The fourth-order valence-corrected chi connectivity index (χ4v) is 3.24. The maximum absolute atomic E-state index is 13.4. The molecule has 3 aromatic rings. The van der Waals surface area contributed by atoms with Gasteiger partial charge in [0.05, 0.1) is 0 Å². The fourth-order valence-electron chi connectivity index (χ4n) is 3.24. The van der Waals surface area contributed by atoms with Crippen LogP contribution in [0.3, 0.4) is 0 Å². The lowest BCUT2D eigenvalue weighted by molar-refractivity contribution is 0.223. The van der Waals surface area contributed by atoms with E-state index < -0.39 is 0 Å². The summed E-state index contributed by atoms with van der Waals surface area (Å²) in [5.41, 5.74) is 4.19. The zero-order chi connectivity index (χ0) is 20.5. The number of ether oxygens (including phenoxy) is 1. The first-order valence-corrected chi connectivity index (χ1v) is 10.2. The molecule has 150 valence electrons. The van der Waals surface area contributed by atoms with Gasteiger partial charge in [-0.1, -0.05) is 68.4 Å². The second-order valence-electron chi connectivity index (χ2n) is 6.88. The SMILES string of the molecule is CCN(CC)CCOc1ccc(C(=Cc2ccccc2)c2ccc(F)cc2)cc1. The number of hydrogen-bond acceptors (Lipinski definition) is 2. The largest absolute Gasteiger partial charge is 0.492 e. The second kappa shape index (κ2) is 10.6. The number of nitrogens with zero attached hydrogens (tertiary/aromatic N) is 1. The predicted molar refractivity (Wildman–Crippen MR) is 120 cm³/mol. The molecular weight excluding hydrogens is 361 g/mol. The minimum Gasteiger partial charge on any atom is -0.492 e. The van der Waals surface area contributed by atoms with E-state index in [1.165, 1.54) is 12.1 Å². The van der Waals surface area contributed by atoms with Crippen molar-refractivity contribution in [2.24, 2.45) is 0 Å². The van der Waals surface area contributed by atoms with E-state index in [1.54, 1.807) is 0 Å². The van der Waals surface area contributed by atoms with E-state index in [0.29, 0.717) is 6.61 Å². The maximum atomic E-state index is 13.4. The normalized spacial score (nSPS) is 11.7. The van der Waals surface area contributed by atoms with Crippen LogP contribution in [0.15, 0.2) is 78.9 Å². The lowest BCUT2D eigenvalue weighted by Crippen LogP contribution is -2.27. The molecule has 0 bridgehead atoms. The Bertz CT molecular complexity index is 898. The van der Waals surface area contributed by atoms with Gasteiger partial charge in [0.25, 0.3) is 0 Å². The zero-order valence-corrected chi connectivity index (χ0v) is 17.1. The van der Waals surface area contributed by atoms with Crippen molar-refractivity contribution in [3.63, 3.8) is 0 Å². The average molecular weight is 390 g/mol. The molecule has 3 aromatic carbocycles. The van der Waals surface area contributed by atoms with Crippen LogP contribution in [0.1, 0.15) is 30.5 Å². The van der Waals surface area contributed by atoms with E-state index in [-0.39, 0.29) is 5.82 Å². The van der Waals surface area contributed by atoms with Gasteiger partial charge in [0, 0.05) is 6.54 Å². The highest BCUT2D eigenvalue weighted by Crippen LogP contribution is 2.28. The van der Waals surface area contributed by atoms with Crippen LogP contribution in [0.2, 0.25) is 0 Å². The van der Waals surface area contributed by atoms with Crippen molar-refractivity contribution in [1.82, 2.24) is 4.90 Å². The number of benzene rings is 3. The summed E-state index contributed by atoms with van der Waals surface area (Å²) in [6.07, 6.45) is 2.13. The third-order valence-corrected chi connectivity index (χ3v) is 5.00. The number of likely N-dealkylation sites (N-methyl/N-ethyl adjacent to an activating group) is 1. The number of halogens is 1. The summed E-state index contributed by atoms with van der Waals surface area (Å²) in [6.45, 7) is 7.98. The van der Waals surface area contributed by atoms with Crippen molar-refractivity contribution in [3.05, 3.63) is 101 Å². The lowest BCUT2D eigenvalue weighted by atomic mass is 9.95. The minimum absolute atomic E-state index is 0.232. The van der Waals surface area contributed by atoms with Crippen LogP contribution in [-0.4, -0.2) is 31.1 Å².